The first kappa shape index (κ1) is 8.35. The second kappa shape index (κ2) is 3.24. The van der Waals surface area contributed by atoms with Gasteiger partial charge in [0, 0.05) is 18.9 Å². The predicted octanol–water partition coefficient (Wildman–Crippen LogP) is 2.20. The largest absolute Gasteiger partial charge is 0.465 e. The van der Waals surface area contributed by atoms with E-state index in [1.807, 2.05) is 6.92 Å². The van der Waals surface area contributed by atoms with Crippen LogP contribution in [0.2, 0.25) is 0 Å². The van der Waals surface area contributed by atoms with E-state index < -0.39 is 0 Å². The lowest BCUT2D eigenvalue weighted by Crippen LogP contribution is -2.07. The molecule has 1 aromatic rings. The second-order valence-electron chi connectivity index (χ2n) is 3.11. The van der Waals surface area contributed by atoms with E-state index in [0.29, 0.717) is 19.0 Å². The molecule has 0 unspecified atom stereocenters. The van der Waals surface area contributed by atoms with Crippen molar-refractivity contribution in [3.8, 4) is 5.95 Å². The number of ether oxygens (including phenoxy) is 1. The van der Waals surface area contributed by atoms with Crippen LogP contribution in [-0.2, 0) is 6.42 Å². The Labute approximate surface area is 76.7 Å². The molecule has 1 heterocycles. The van der Waals surface area contributed by atoms with Crippen molar-refractivity contribution in [3.63, 3.8) is 0 Å². The van der Waals surface area contributed by atoms with Gasteiger partial charge in [0.2, 0.25) is 0 Å². The van der Waals surface area contributed by atoms with Crippen LogP contribution in [0.5, 0.6) is 5.95 Å². The van der Waals surface area contributed by atoms with Crippen LogP contribution < -0.4 is 4.74 Å². The molecule has 1 aromatic heterocycles. The summed E-state index contributed by atoms with van der Waals surface area (Å²) in [5, 5.41) is 0. The third kappa shape index (κ3) is 1.46. The van der Waals surface area contributed by atoms with Crippen LogP contribution in [0.15, 0.2) is 10.5 Å². The van der Waals surface area contributed by atoms with Crippen molar-refractivity contribution in [3.05, 3.63) is 17.4 Å². The zero-order valence-corrected chi connectivity index (χ0v) is 7.63. The zero-order chi connectivity index (χ0) is 9.26. The number of furan rings is 1. The quantitative estimate of drug-likeness (QED) is 0.700. The van der Waals surface area contributed by atoms with Gasteiger partial charge in [-0.1, -0.05) is 0 Å². The molecule has 0 spiro atoms. The Morgan fingerprint density at radius 2 is 2.38 bits per heavy atom. The van der Waals surface area contributed by atoms with Gasteiger partial charge in [-0.2, -0.15) is 0 Å². The van der Waals surface area contributed by atoms with Crippen LogP contribution in [0.1, 0.15) is 35.9 Å². The number of carbonyl (C=O) groups excluding carboxylic acids is 1. The topological polar surface area (TPSA) is 39.4 Å². The third-order valence-electron chi connectivity index (χ3n) is 2.18. The second-order valence-corrected chi connectivity index (χ2v) is 3.11. The molecule has 0 saturated heterocycles. The minimum absolute atomic E-state index is 0.177. The van der Waals surface area contributed by atoms with Crippen LogP contribution in [0.3, 0.4) is 0 Å². The van der Waals surface area contributed by atoms with Crippen molar-refractivity contribution in [2.75, 3.05) is 6.61 Å². The highest BCUT2D eigenvalue weighted by Gasteiger charge is 2.22. The predicted molar refractivity (Wildman–Crippen MR) is 47.1 cm³/mol. The SMILES string of the molecule is CCOc1cc2c(o1)CCCC2=O. The summed E-state index contributed by atoms with van der Waals surface area (Å²) in [5.41, 5.74) is 0.717. The Kier molecular flexibility index (Phi) is 2.08. The molecule has 2 rings (SSSR count). The number of Topliss-reactive ketones (excluding diaryl/α,β-unsaturated/α-hetero) is 1. The van der Waals surface area contributed by atoms with Crippen molar-refractivity contribution in [2.24, 2.45) is 0 Å². The van der Waals surface area contributed by atoms with E-state index in [4.69, 9.17) is 9.15 Å². The lowest BCUT2D eigenvalue weighted by Gasteiger charge is -2.06. The highest BCUT2D eigenvalue weighted by Crippen LogP contribution is 2.28. The molecule has 3 nitrogen and oxygen atoms in total. The fourth-order valence-electron chi connectivity index (χ4n) is 1.58. The van der Waals surface area contributed by atoms with Gasteiger partial charge < -0.3 is 9.15 Å². The maximum Gasteiger partial charge on any atom is 0.285 e. The molecule has 1 aliphatic rings. The van der Waals surface area contributed by atoms with E-state index in [9.17, 15) is 4.79 Å². The van der Waals surface area contributed by atoms with Gasteiger partial charge in [0.1, 0.15) is 5.76 Å². The molecule has 0 fully saturated rings. The highest BCUT2D eigenvalue weighted by molar-refractivity contribution is 5.98. The van der Waals surface area contributed by atoms with Crippen LogP contribution in [0, 0.1) is 0 Å². The van der Waals surface area contributed by atoms with Gasteiger partial charge in [-0.3, -0.25) is 4.79 Å². The molecule has 70 valence electrons. The molecular formula is C10H12O3. The van der Waals surface area contributed by atoms with Crippen molar-refractivity contribution in [1.82, 2.24) is 0 Å². The Bertz CT molecular complexity index is 325. The number of ketones is 1. The van der Waals surface area contributed by atoms with E-state index in [1.54, 1.807) is 6.07 Å². The van der Waals surface area contributed by atoms with Crippen molar-refractivity contribution in [2.45, 2.75) is 26.2 Å². The maximum absolute atomic E-state index is 11.4. The molecule has 13 heavy (non-hydrogen) atoms. The van der Waals surface area contributed by atoms with E-state index in [0.717, 1.165) is 24.2 Å². The summed E-state index contributed by atoms with van der Waals surface area (Å²) < 4.78 is 10.6. The first-order chi connectivity index (χ1) is 6.31. The Morgan fingerprint density at radius 1 is 1.54 bits per heavy atom. The number of fused-ring (bicyclic) bond motifs is 1. The van der Waals surface area contributed by atoms with Crippen LogP contribution >= 0.6 is 0 Å². The average molecular weight is 180 g/mol. The first-order valence-corrected chi connectivity index (χ1v) is 4.60. The van der Waals surface area contributed by atoms with Crippen LogP contribution in [-0.4, -0.2) is 12.4 Å². The van der Waals surface area contributed by atoms with Gasteiger partial charge in [-0.25, -0.2) is 0 Å². The summed E-state index contributed by atoms with van der Waals surface area (Å²) in [7, 11) is 0. The molecule has 0 amide bonds. The van der Waals surface area contributed by atoms with Crippen molar-refractivity contribution >= 4 is 5.78 Å². The molecule has 0 bridgehead atoms. The summed E-state index contributed by atoms with van der Waals surface area (Å²) >= 11 is 0. The number of carbonyl (C=O) groups is 1. The summed E-state index contributed by atoms with van der Waals surface area (Å²) in [6.45, 7) is 2.46. The molecule has 0 aliphatic heterocycles. The zero-order valence-electron chi connectivity index (χ0n) is 7.63. The van der Waals surface area contributed by atoms with Gasteiger partial charge in [0.05, 0.1) is 12.2 Å². The number of aryl methyl sites for hydroxylation is 1. The van der Waals surface area contributed by atoms with Gasteiger partial charge in [-0.15, -0.1) is 0 Å². The molecule has 1 aliphatic carbocycles. The normalized spacial score (nSPS) is 15.6. The minimum Gasteiger partial charge on any atom is -0.465 e. The van der Waals surface area contributed by atoms with E-state index in [-0.39, 0.29) is 5.78 Å². The number of hydrogen-bond donors (Lipinski definition) is 0. The lowest BCUT2D eigenvalue weighted by atomic mass is 9.98. The fraction of sp³-hybridized carbons (Fsp3) is 0.500. The van der Waals surface area contributed by atoms with Gasteiger partial charge in [0.15, 0.2) is 5.78 Å². The molecule has 3 heteroatoms. The van der Waals surface area contributed by atoms with E-state index in [1.165, 1.54) is 0 Å². The standard InChI is InChI=1S/C10H12O3/c1-2-12-10-6-7-8(11)4-3-5-9(7)13-10/h6H,2-5H2,1H3. The lowest BCUT2D eigenvalue weighted by molar-refractivity contribution is 0.0969. The Morgan fingerprint density at radius 3 is 3.08 bits per heavy atom. The molecule has 0 atom stereocenters. The van der Waals surface area contributed by atoms with Gasteiger partial charge in [0.25, 0.3) is 5.95 Å². The summed E-state index contributed by atoms with van der Waals surface area (Å²) in [5.74, 6) is 1.44. The molecule has 0 N–H and O–H groups in total. The number of hydrogen-bond acceptors (Lipinski definition) is 3. The molecule has 0 radical (unpaired) electrons. The third-order valence-corrected chi connectivity index (χ3v) is 2.18. The summed E-state index contributed by atoms with van der Waals surface area (Å²) in [6.07, 6.45) is 2.39. The molecule has 0 saturated carbocycles. The Balaban J connectivity index is 2.31. The smallest absolute Gasteiger partial charge is 0.285 e. The van der Waals surface area contributed by atoms with Crippen molar-refractivity contribution < 1.29 is 13.9 Å². The summed E-state index contributed by atoms with van der Waals surface area (Å²) in [4.78, 5) is 11.4. The fourth-order valence-corrected chi connectivity index (χ4v) is 1.58. The van der Waals surface area contributed by atoms with Crippen molar-refractivity contribution in [1.29, 1.82) is 0 Å². The van der Waals surface area contributed by atoms with Gasteiger partial charge in [-0.05, 0) is 13.3 Å². The van der Waals surface area contributed by atoms with E-state index >= 15 is 0 Å². The Hall–Kier alpha value is -1.25. The summed E-state index contributed by atoms with van der Waals surface area (Å²) in [6, 6.07) is 1.71. The first-order valence-electron chi connectivity index (χ1n) is 4.60. The van der Waals surface area contributed by atoms with Gasteiger partial charge >= 0.3 is 0 Å². The maximum atomic E-state index is 11.4. The van der Waals surface area contributed by atoms with Crippen LogP contribution in [0.4, 0.5) is 0 Å². The average Bonchev–Trinajstić information content (AvgIpc) is 2.49. The highest BCUT2D eigenvalue weighted by atomic mass is 16.6. The molecular weight excluding hydrogens is 168 g/mol. The number of rotatable bonds is 2. The minimum atomic E-state index is 0.177. The molecule has 0 aromatic carbocycles. The monoisotopic (exact) mass is 180 g/mol. The van der Waals surface area contributed by atoms with Crippen LogP contribution in [0.25, 0.3) is 0 Å². The van der Waals surface area contributed by atoms with E-state index in [2.05, 4.69) is 0 Å².